The largest absolute Gasteiger partial charge is 0.272 e. The minimum atomic E-state index is 1.03. The molecule has 0 heterocycles. The van der Waals surface area contributed by atoms with E-state index >= 15 is 0 Å². The summed E-state index contributed by atoms with van der Waals surface area (Å²) in [5.74, 6) is 0. The second-order valence-corrected chi connectivity index (χ2v) is 2.85. The Morgan fingerprint density at radius 3 is 2.08 bits per heavy atom. The van der Waals surface area contributed by atoms with Gasteiger partial charge in [0.2, 0.25) is 0 Å². The van der Waals surface area contributed by atoms with Gasteiger partial charge in [0, 0.05) is 0 Å². The molecule has 12 heavy (non-hydrogen) atoms. The molecular formula is C12H21-. The van der Waals surface area contributed by atoms with Gasteiger partial charge in [0.25, 0.3) is 0 Å². The lowest BCUT2D eigenvalue weighted by atomic mass is 9.99. The van der Waals surface area contributed by atoms with Gasteiger partial charge < -0.3 is 0 Å². The molecule has 0 N–H and O–H groups in total. The summed E-state index contributed by atoms with van der Waals surface area (Å²) in [7, 11) is 0. The van der Waals surface area contributed by atoms with E-state index in [0.717, 1.165) is 25.7 Å². The molecule has 0 saturated heterocycles. The molecular weight excluding hydrogens is 144 g/mol. The summed E-state index contributed by atoms with van der Waals surface area (Å²) < 4.78 is 0. The van der Waals surface area contributed by atoms with Crippen molar-refractivity contribution in [2.24, 2.45) is 0 Å². The van der Waals surface area contributed by atoms with Gasteiger partial charge in [-0.15, -0.1) is 6.42 Å². The van der Waals surface area contributed by atoms with Crippen LogP contribution in [0.25, 0.3) is 0 Å². The maximum atomic E-state index is 3.42. The van der Waals surface area contributed by atoms with Crippen LogP contribution in [0.2, 0.25) is 0 Å². The monoisotopic (exact) mass is 165 g/mol. The van der Waals surface area contributed by atoms with Crippen LogP contribution in [-0.2, 0) is 0 Å². The predicted molar refractivity (Wildman–Crippen MR) is 56.0 cm³/mol. The Morgan fingerprint density at radius 1 is 1.08 bits per heavy atom. The molecule has 0 aromatic rings. The summed E-state index contributed by atoms with van der Waals surface area (Å²) in [6.07, 6.45) is 10.2. The first-order valence-corrected chi connectivity index (χ1v) is 5.09. The van der Waals surface area contributed by atoms with E-state index in [2.05, 4.69) is 39.8 Å². The van der Waals surface area contributed by atoms with Crippen LogP contribution >= 0.6 is 0 Å². The van der Waals surface area contributed by atoms with Gasteiger partial charge in [-0.05, 0) is 0 Å². The summed E-state index contributed by atoms with van der Waals surface area (Å²) in [4.78, 5) is 0. The van der Waals surface area contributed by atoms with Gasteiger partial charge in [-0.2, -0.15) is 11.6 Å². The van der Waals surface area contributed by atoms with Crippen molar-refractivity contribution < 1.29 is 0 Å². The first kappa shape index (κ1) is 11.5. The van der Waals surface area contributed by atoms with E-state index in [1.165, 1.54) is 11.1 Å². The lowest BCUT2D eigenvalue weighted by molar-refractivity contribution is 0.973. The zero-order valence-electron chi connectivity index (χ0n) is 8.91. The zero-order valence-corrected chi connectivity index (χ0v) is 8.91. The second kappa shape index (κ2) is 7.15. The summed E-state index contributed by atoms with van der Waals surface area (Å²) >= 11 is 0. The average molecular weight is 165 g/mol. The molecule has 0 aliphatic heterocycles. The molecule has 0 rings (SSSR count). The van der Waals surface area contributed by atoms with Crippen LogP contribution in [0, 0.1) is 6.08 Å². The quantitative estimate of drug-likeness (QED) is 0.421. The molecule has 0 radical (unpaired) electrons. The van der Waals surface area contributed by atoms with Gasteiger partial charge in [-0.3, -0.25) is 6.08 Å². The van der Waals surface area contributed by atoms with E-state index in [0.29, 0.717) is 0 Å². The van der Waals surface area contributed by atoms with E-state index in [9.17, 15) is 0 Å². The normalized spacial score (nSPS) is 13.7. The van der Waals surface area contributed by atoms with Gasteiger partial charge in [-0.25, -0.2) is 5.57 Å². The van der Waals surface area contributed by atoms with E-state index in [1.54, 1.807) is 0 Å². The van der Waals surface area contributed by atoms with Crippen LogP contribution in [0.4, 0.5) is 0 Å². The Balaban J connectivity index is 4.44. The first-order valence-electron chi connectivity index (χ1n) is 5.09. The molecule has 0 bridgehead atoms. The molecule has 0 nitrogen and oxygen atoms in total. The molecule has 0 amide bonds. The van der Waals surface area contributed by atoms with E-state index in [-0.39, 0.29) is 0 Å². The molecule has 0 unspecified atom stereocenters. The number of hydrogen-bond acceptors (Lipinski definition) is 0. The molecule has 0 saturated carbocycles. The Labute approximate surface area is 77.4 Å². The van der Waals surface area contributed by atoms with Crippen molar-refractivity contribution in [2.75, 3.05) is 0 Å². The summed E-state index contributed by atoms with van der Waals surface area (Å²) in [5.41, 5.74) is 2.91. The lowest BCUT2D eigenvalue weighted by Crippen LogP contribution is -1.87. The van der Waals surface area contributed by atoms with E-state index in [4.69, 9.17) is 0 Å². The minimum absolute atomic E-state index is 1.03. The molecule has 0 heteroatoms. The highest BCUT2D eigenvalue weighted by Crippen LogP contribution is 2.17. The lowest BCUT2D eigenvalue weighted by Gasteiger charge is -2.19. The summed E-state index contributed by atoms with van der Waals surface area (Å²) in [6.45, 7) is 8.76. The van der Waals surface area contributed by atoms with Crippen LogP contribution in [0.1, 0.15) is 53.4 Å². The smallest absolute Gasteiger partial charge is 0.0539 e. The Kier molecular flexibility index (Phi) is 6.84. The topological polar surface area (TPSA) is 0 Å². The van der Waals surface area contributed by atoms with Crippen molar-refractivity contribution in [3.05, 3.63) is 23.3 Å². The fraction of sp³-hybridized carbons (Fsp3) is 0.667. The van der Waals surface area contributed by atoms with Crippen molar-refractivity contribution in [1.29, 1.82) is 0 Å². The zero-order chi connectivity index (χ0) is 9.40. The van der Waals surface area contributed by atoms with Gasteiger partial charge in [0.1, 0.15) is 0 Å². The van der Waals surface area contributed by atoms with Crippen molar-refractivity contribution in [3.63, 3.8) is 0 Å². The maximum absolute atomic E-state index is 3.42. The molecule has 0 fully saturated rings. The third-order valence-corrected chi connectivity index (χ3v) is 1.96. The van der Waals surface area contributed by atoms with Gasteiger partial charge in [0.15, 0.2) is 0 Å². The van der Waals surface area contributed by atoms with Crippen molar-refractivity contribution in [3.8, 4) is 0 Å². The van der Waals surface area contributed by atoms with Crippen LogP contribution < -0.4 is 0 Å². The standard InChI is InChI=1S/C12H21/c1-5-9-11(7-3)12(8-4)10-6-2/h9H,5-8H2,1-4H3/q-1/b11-9+. The van der Waals surface area contributed by atoms with Gasteiger partial charge >= 0.3 is 0 Å². The Bertz CT molecular complexity index is 141. The first-order chi connectivity index (χ1) is 5.79. The Hall–Kier alpha value is -0.520. The van der Waals surface area contributed by atoms with Crippen molar-refractivity contribution >= 4 is 0 Å². The maximum Gasteiger partial charge on any atom is -0.0539 e. The molecule has 0 spiro atoms. The van der Waals surface area contributed by atoms with Gasteiger partial charge in [0.05, 0.1) is 0 Å². The van der Waals surface area contributed by atoms with Crippen LogP contribution in [0.3, 0.4) is 0 Å². The fourth-order valence-electron chi connectivity index (χ4n) is 1.41. The highest BCUT2D eigenvalue weighted by Gasteiger charge is 1.87. The number of hydrogen-bond donors (Lipinski definition) is 0. The highest BCUT2D eigenvalue weighted by atomic mass is 14.0. The minimum Gasteiger partial charge on any atom is -0.272 e. The fourth-order valence-corrected chi connectivity index (χ4v) is 1.41. The second-order valence-electron chi connectivity index (χ2n) is 2.85. The number of allylic oxidation sites excluding steroid dienone is 4. The van der Waals surface area contributed by atoms with Crippen LogP contribution in [0.15, 0.2) is 17.2 Å². The van der Waals surface area contributed by atoms with Crippen LogP contribution in [0.5, 0.6) is 0 Å². The van der Waals surface area contributed by atoms with Gasteiger partial charge in [-0.1, -0.05) is 47.0 Å². The van der Waals surface area contributed by atoms with Crippen molar-refractivity contribution in [2.45, 2.75) is 53.4 Å². The van der Waals surface area contributed by atoms with E-state index < -0.39 is 0 Å². The molecule has 70 valence electrons. The SMILES string of the molecule is CC[C-]=C(CC)/C(=C/CC)CC. The average Bonchev–Trinajstić information content (AvgIpc) is 2.11. The molecule has 0 aliphatic carbocycles. The molecule has 0 aromatic heterocycles. The van der Waals surface area contributed by atoms with E-state index in [1.807, 2.05) is 0 Å². The molecule has 0 aliphatic rings. The summed E-state index contributed by atoms with van der Waals surface area (Å²) in [6, 6.07) is 0. The summed E-state index contributed by atoms with van der Waals surface area (Å²) in [5, 5.41) is 0. The molecule has 0 atom stereocenters. The van der Waals surface area contributed by atoms with Crippen LogP contribution in [-0.4, -0.2) is 0 Å². The third kappa shape index (κ3) is 3.75. The third-order valence-electron chi connectivity index (χ3n) is 1.96. The predicted octanol–water partition coefficient (Wildman–Crippen LogP) is 4.28. The van der Waals surface area contributed by atoms with Crippen molar-refractivity contribution in [1.82, 2.24) is 0 Å². The highest BCUT2D eigenvalue weighted by molar-refractivity contribution is 5.27. The number of rotatable bonds is 5. The molecule has 0 aromatic carbocycles. The Morgan fingerprint density at radius 2 is 1.75 bits per heavy atom.